The number of carbonyl (C=O) groups is 15. The van der Waals surface area contributed by atoms with Crippen LogP contribution in [-0.4, -0.2) is 196 Å². The summed E-state index contributed by atoms with van der Waals surface area (Å²) in [4.78, 5) is 208. The first-order valence-electron chi connectivity index (χ1n) is 36.1. The summed E-state index contributed by atoms with van der Waals surface area (Å²) in [7, 11) is 0. The maximum absolute atomic E-state index is 14.8. The molecule has 0 unspecified atom stereocenters. The minimum atomic E-state index is -1.84. The number of fused-ring (bicyclic) bond motifs is 1. The number of aliphatic hydroxyl groups is 1. The Morgan fingerprint density at radius 3 is 1.44 bits per heavy atom. The number of carbonyl (C=O) groups excluding carboxylic acids is 14. The highest BCUT2D eigenvalue weighted by Gasteiger charge is 2.38. The molecule has 0 spiro atoms. The van der Waals surface area contributed by atoms with Crippen LogP contribution in [0.15, 0.2) is 91.1 Å². The van der Waals surface area contributed by atoms with Crippen molar-refractivity contribution in [2.75, 3.05) is 19.7 Å². The Morgan fingerprint density at radius 2 is 0.898 bits per heavy atom. The van der Waals surface area contributed by atoms with Crippen molar-refractivity contribution in [1.82, 2.24) is 68.8 Å². The summed E-state index contributed by atoms with van der Waals surface area (Å²) >= 11 is 0. The highest BCUT2D eigenvalue weighted by molar-refractivity contribution is 6.01. The van der Waals surface area contributed by atoms with E-state index in [1.165, 1.54) is 20.8 Å². The van der Waals surface area contributed by atoms with Gasteiger partial charge in [0.2, 0.25) is 82.7 Å². The molecular formula is C74H109N17O17. The number of benzene rings is 3. The molecule has 108 heavy (non-hydrogen) atoms. The maximum atomic E-state index is 14.8. The smallest absolute Gasteiger partial charge is 0.303 e. The highest BCUT2D eigenvalue weighted by atomic mass is 16.4. The number of H-pyrrole nitrogens is 1. The molecule has 0 saturated heterocycles. The molecule has 0 aliphatic rings. The Bertz CT molecular complexity index is 3720. The van der Waals surface area contributed by atoms with Crippen molar-refractivity contribution in [3.05, 3.63) is 108 Å². The fourth-order valence-corrected chi connectivity index (χ4v) is 11.5. The zero-order chi connectivity index (χ0) is 80.5. The van der Waals surface area contributed by atoms with E-state index in [4.69, 9.17) is 22.9 Å². The normalized spacial score (nSPS) is 14.6. The standard InChI is InChI=1S/C74H109N17O17/c1-39(2)30-53(85-65(99)48(76)32-44-20-12-10-13-21-44)66(100)80-37-59(94)82-51(27-28-60(95)96)68(102)86-54(31-40(3)4)69(103)87-55(34-46-36-79-49-25-17-16-24-47(46)49)70(104)88-56(35-58(77)93)71(105)90-61(41(5)6)73(107)81-43(9)64(98)83-50(26-18-19-29-75)67(101)89-57(38-92)72(106)91-62(42(7)8)74(108)84-52(63(78)97)33-45-22-14-11-15-23-45/h10-17,20-25,36,39-43,48,50-57,61-62,79,92H,18-19,26-35,37-38,75-76H2,1-9H3,(H2,77,93)(H2,78,97)(H,80,100)(H,81,107)(H,82,94)(H,83,98)(H,84,108)(H,85,99)(H,86,102)(H,87,103)(H,88,104)(H,89,101)(H,90,105)(H,91,106)(H,95,96)/t43-,48-,50-,51-,52-,53-,54-,55-,56-,57-,61-,62-/m0/s1. The van der Waals surface area contributed by atoms with Crippen molar-refractivity contribution in [3.8, 4) is 0 Å². The molecule has 0 radical (unpaired) electrons. The number of primary amides is 2. The summed E-state index contributed by atoms with van der Waals surface area (Å²) in [6.07, 6.45) is 0.164. The van der Waals surface area contributed by atoms with Gasteiger partial charge in [-0.1, -0.05) is 134 Å². The number of nitrogens with one attached hydrogen (secondary N) is 13. The highest BCUT2D eigenvalue weighted by Crippen LogP contribution is 2.21. The van der Waals surface area contributed by atoms with E-state index in [-0.39, 0.29) is 63.3 Å². The van der Waals surface area contributed by atoms with Crippen molar-refractivity contribution in [1.29, 1.82) is 0 Å². The van der Waals surface area contributed by atoms with E-state index in [2.05, 4.69) is 68.8 Å². The topological polar surface area (TPSA) is 561 Å². The Hall–Kier alpha value is -10.9. The Balaban J connectivity index is 1.52. The number of para-hydroxylation sites is 1. The second-order valence-corrected chi connectivity index (χ2v) is 28.2. The number of aliphatic carboxylic acids is 1. The molecule has 23 N–H and O–H groups in total. The van der Waals surface area contributed by atoms with Crippen LogP contribution in [-0.2, 0) is 91.2 Å². The number of nitrogens with two attached hydrogens (primary N) is 4. The van der Waals surface area contributed by atoms with Crippen molar-refractivity contribution >= 4 is 99.6 Å². The van der Waals surface area contributed by atoms with E-state index in [0.29, 0.717) is 28.5 Å². The minimum Gasteiger partial charge on any atom is -0.481 e. The third-order valence-corrected chi connectivity index (χ3v) is 17.4. The fourth-order valence-electron chi connectivity index (χ4n) is 11.5. The van der Waals surface area contributed by atoms with Crippen molar-refractivity contribution in [2.45, 2.75) is 205 Å². The van der Waals surface area contributed by atoms with Gasteiger partial charge in [-0.25, -0.2) is 0 Å². The lowest BCUT2D eigenvalue weighted by Crippen LogP contribution is -2.62. The second-order valence-electron chi connectivity index (χ2n) is 28.2. The van der Waals surface area contributed by atoms with Crippen molar-refractivity contribution in [2.24, 2.45) is 46.6 Å². The van der Waals surface area contributed by atoms with Crippen LogP contribution in [0.1, 0.15) is 130 Å². The Morgan fingerprint density at radius 1 is 0.444 bits per heavy atom. The van der Waals surface area contributed by atoms with Gasteiger partial charge in [-0.3, -0.25) is 71.9 Å². The lowest BCUT2D eigenvalue weighted by atomic mass is 9.99. The van der Waals surface area contributed by atoms with E-state index in [9.17, 15) is 82.1 Å². The molecule has 14 amide bonds. The molecule has 0 saturated carbocycles. The number of aromatic amines is 1. The molecule has 0 bridgehead atoms. The van der Waals surface area contributed by atoms with Crippen LogP contribution in [0, 0.1) is 23.7 Å². The van der Waals surface area contributed by atoms with Crippen molar-refractivity contribution < 1.29 is 82.1 Å². The van der Waals surface area contributed by atoms with Gasteiger partial charge < -0.3 is 102 Å². The van der Waals surface area contributed by atoms with E-state index in [1.807, 2.05) is 19.9 Å². The number of rotatable bonds is 47. The first-order chi connectivity index (χ1) is 51.0. The van der Waals surface area contributed by atoms with Crippen LogP contribution in [0.4, 0.5) is 0 Å². The monoisotopic (exact) mass is 1510 g/mol. The van der Waals surface area contributed by atoms with Gasteiger partial charge in [0.1, 0.15) is 66.5 Å². The number of hydrogen-bond donors (Lipinski definition) is 19. The second kappa shape index (κ2) is 44.9. The number of carboxylic acids is 1. The quantitative estimate of drug-likeness (QED) is 0.0208. The summed E-state index contributed by atoms with van der Waals surface area (Å²) in [5, 5.41) is 50.9. The third kappa shape index (κ3) is 30.5. The summed E-state index contributed by atoms with van der Waals surface area (Å²) in [5.74, 6) is -16.2. The molecule has 4 rings (SSSR count). The molecule has 0 aliphatic heterocycles. The molecule has 0 fully saturated rings. The van der Waals surface area contributed by atoms with Gasteiger partial charge in [0.05, 0.1) is 25.6 Å². The van der Waals surface area contributed by atoms with E-state index in [0.717, 1.165) is 5.56 Å². The largest absolute Gasteiger partial charge is 0.481 e. The number of unbranched alkanes of at least 4 members (excludes halogenated alkanes) is 1. The summed E-state index contributed by atoms with van der Waals surface area (Å²) in [6, 6.07) is 7.45. The Labute approximate surface area is 627 Å². The third-order valence-electron chi connectivity index (χ3n) is 17.4. The average molecular weight is 1510 g/mol. The van der Waals surface area contributed by atoms with Gasteiger partial charge in [0.15, 0.2) is 0 Å². The van der Waals surface area contributed by atoms with Gasteiger partial charge in [0.25, 0.3) is 0 Å². The van der Waals surface area contributed by atoms with Crippen LogP contribution in [0.2, 0.25) is 0 Å². The fraction of sp³-hybridized carbons (Fsp3) is 0.527. The molecule has 12 atom stereocenters. The maximum Gasteiger partial charge on any atom is 0.303 e. The molecular weight excluding hydrogens is 1400 g/mol. The van der Waals surface area contributed by atoms with E-state index < -0.39 is 205 Å². The van der Waals surface area contributed by atoms with Crippen LogP contribution in [0.5, 0.6) is 0 Å². The van der Waals surface area contributed by atoms with Gasteiger partial charge in [0, 0.05) is 36.4 Å². The first-order valence-corrected chi connectivity index (χ1v) is 36.1. The van der Waals surface area contributed by atoms with Crippen molar-refractivity contribution in [3.63, 3.8) is 0 Å². The molecule has 34 heteroatoms. The zero-order valence-corrected chi connectivity index (χ0v) is 62.6. The molecule has 1 aromatic heterocycles. The Kier molecular flexibility index (Phi) is 37.3. The lowest BCUT2D eigenvalue weighted by Gasteiger charge is -2.29. The number of amides is 14. The number of aromatic nitrogens is 1. The minimum absolute atomic E-state index is 0.0477. The SMILES string of the molecule is CC(C)C[C@H](NC(=O)[C@H](CCC(=O)O)NC(=O)CNC(=O)[C@H](CC(C)C)NC(=O)[C@@H](N)Cc1ccccc1)C(=O)N[C@@H](Cc1c[nH]c2ccccc12)C(=O)N[C@@H](CC(N)=O)C(=O)N[C@H](C(=O)N[C@@H](C)C(=O)N[C@@H](CCCCN)C(=O)N[C@@H](CO)C(=O)N[C@H](C(=O)N[C@@H](Cc1ccccc1)C(N)=O)C(C)C)C(C)C. The summed E-state index contributed by atoms with van der Waals surface area (Å²) < 4.78 is 0. The number of aliphatic hydroxyl groups excluding tert-OH is 1. The number of carboxylic acid groups (broad SMARTS) is 1. The van der Waals surface area contributed by atoms with Gasteiger partial charge in [-0.15, -0.1) is 0 Å². The zero-order valence-electron chi connectivity index (χ0n) is 62.6. The predicted octanol–water partition coefficient (Wildman–Crippen LogP) is -2.26. The summed E-state index contributed by atoms with van der Waals surface area (Å²) in [6.45, 7) is 13.1. The van der Waals surface area contributed by atoms with Crippen LogP contribution in [0.25, 0.3) is 10.9 Å². The molecule has 0 aliphatic carbocycles. The van der Waals surface area contributed by atoms with Crippen LogP contribution >= 0.6 is 0 Å². The lowest BCUT2D eigenvalue weighted by molar-refractivity contribution is -0.138. The first kappa shape index (κ1) is 89.5. The summed E-state index contributed by atoms with van der Waals surface area (Å²) in [5.41, 5.74) is 25.8. The van der Waals surface area contributed by atoms with E-state index in [1.54, 1.807) is 113 Å². The van der Waals surface area contributed by atoms with Crippen LogP contribution in [0.3, 0.4) is 0 Å². The molecule has 3 aromatic carbocycles. The van der Waals surface area contributed by atoms with Gasteiger partial charge >= 0.3 is 5.97 Å². The van der Waals surface area contributed by atoms with E-state index >= 15 is 0 Å². The molecule has 4 aromatic rings. The van der Waals surface area contributed by atoms with Gasteiger partial charge in [-0.05, 0) is 105 Å². The number of hydrogen-bond acceptors (Lipinski definition) is 18. The molecule has 34 nitrogen and oxygen atoms in total. The molecule has 1 heterocycles. The molecule has 592 valence electrons. The average Bonchev–Trinajstić information content (AvgIpc) is 1.61. The van der Waals surface area contributed by atoms with Crippen LogP contribution < -0.4 is 86.7 Å². The van der Waals surface area contributed by atoms with Gasteiger partial charge in [-0.2, -0.15) is 0 Å². The predicted molar refractivity (Wildman–Crippen MR) is 399 cm³/mol.